The minimum absolute atomic E-state index is 0.0384. The number of phenols is 1. The fourth-order valence-corrected chi connectivity index (χ4v) is 1.48. The van der Waals surface area contributed by atoms with Crippen LogP contribution in [0.3, 0.4) is 0 Å². The maximum absolute atomic E-state index is 11.3. The van der Waals surface area contributed by atoms with Crippen molar-refractivity contribution in [3.05, 3.63) is 44.3 Å². The maximum Gasteiger partial charge on any atom is 0.353 e. The fourth-order valence-electron chi connectivity index (χ4n) is 1.48. The van der Waals surface area contributed by atoms with E-state index < -0.39 is 39.1 Å². The van der Waals surface area contributed by atoms with Gasteiger partial charge in [-0.25, -0.2) is 9.59 Å². The summed E-state index contributed by atoms with van der Waals surface area (Å²) in [5.74, 6) is -2.17. The molecule has 2 N–H and O–H groups in total. The van der Waals surface area contributed by atoms with Gasteiger partial charge in [0.1, 0.15) is 5.56 Å². The predicted octanol–water partition coefficient (Wildman–Crippen LogP) is 1.10. The summed E-state index contributed by atoms with van der Waals surface area (Å²) in [5.41, 5.74) is -3.09. The van der Waals surface area contributed by atoms with E-state index in [1.807, 2.05) is 0 Å². The molecule has 1 aromatic heterocycles. The molecule has 0 aliphatic rings. The lowest BCUT2D eigenvalue weighted by Crippen LogP contribution is -2.13. The standard InChI is InChI=1S/C10H5NO7/c12-6-2-1-4-3-5(9(13)14)10(15)18-8(4)7(6)11(16)17/h1-3,12H,(H,13,14). The number of benzene rings is 1. The maximum atomic E-state index is 11.3. The number of aromatic hydroxyl groups is 1. The molecule has 0 spiro atoms. The molecule has 8 heteroatoms. The van der Waals surface area contributed by atoms with Crippen molar-refractivity contribution in [3.63, 3.8) is 0 Å². The van der Waals surface area contributed by atoms with Gasteiger partial charge in [-0.3, -0.25) is 10.1 Å². The Morgan fingerprint density at radius 1 is 1.39 bits per heavy atom. The van der Waals surface area contributed by atoms with Gasteiger partial charge in [-0.15, -0.1) is 0 Å². The molecule has 0 atom stereocenters. The van der Waals surface area contributed by atoms with Gasteiger partial charge in [0.2, 0.25) is 5.58 Å². The van der Waals surface area contributed by atoms with Crippen LogP contribution < -0.4 is 5.63 Å². The average Bonchev–Trinajstić information content (AvgIpc) is 2.26. The van der Waals surface area contributed by atoms with Crippen LogP contribution in [0.4, 0.5) is 5.69 Å². The molecule has 2 aromatic rings. The number of nitro benzene ring substituents is 1. The lowest BCUT2D eigenvalue weighted by molar-refractivity contribution is -0.384. The first kappa shape index (κ1) is 11.6. The highest BCUT2D eigenvalue weighted by atomic mass is 16.6. The molecule has 0 bridgehead atoms. The summed E-state index contributed by atoms with van der Waals surface area (Å²) >= 11 is 0. The largest absolute Gasteiger partial charge is 0.502 e. The van der Waals surface area contributed by atoms with Gasteiger partial charge in [0.25, 0.3) is 0 Å². The van der Waals surface area contributed by atoms with Crippen LogP contribution in [0.1, 0.15) is 10.4 Å². The van der Waals surface area contributed by atoms with Crippen LogP contribution in [0.25, 0.3) is 11.0 Å². The fraction of sp³-hybridized carbons (Fsp3) is 0. The molecule has 0 amide bonds. The van der Waals surface area contributed by atoms with Gasteiger partial charge in [-0.05, 0) is 18.2 Å². The SMILES string of the molecule is O=C(O)c1cc2ccc(O)c([N+](=O)[O-])c2oc1=O. The molecule has 1 heterocycles. The van der Waals surface area contributed by atoms with Gasteiger partial charge in [-0.1, -0.05) is 0 Å². The molecule has 0 fully saturated rings. The highest BCUT2D eigenvalue weighted by Crippen LogP contribution is 2.33. The monoisotopic (exact) mass is 251 g/mol. The number of fused-ring (bicyclic) bond motifs is 1. The Hall–Kier alpha value is -2.90. The Morgan fingerprint density at radius 2 is 2.06 bits per heavy atom. The van der Waals surface area contributed by atoms with Crippen LogP contribution in [0.2, 0.25) is 0 Å². The molecule has 18 heavy (non-hydrogen) atoms. The van der Waals surface area contributed by atoms with Crippen molar-refractivity contribution in [2.45, 2.75) is 0 Å². The van der Waals surface area contributed by atoms with Crippen molar-refractivity contribution in [2.75, 3.05) is 0 Å². The summed E-state index contributed by atoms with van der Waals surface area (Å²) in [6.07, 6.45) is 0. The second kappa shape index (κ2) is 3.84. The van der Waals surface area contributed by atoms with E-state index in [1.54, 1.807) is 0 Å². The number of nitrogens with zero attached hydrogens (tertiary/aromatic N) is 1. The highest BCUT2D eigenvalue weighted by Gasteiger charge is 2.23. The summed E-state index contributed by atoms with van der Waals surface area (Å²) in [5, 5.41) is 28.8. The molecule has 8 nitrogen and oxygen atoms in total. The van der Waals surface area contributed by atoms with E-state index in [-0.39, 0.29) is 5.39 Å². The van der Waals surface area contributed by atoms with Gasteiger partial charge in [0.15, 0.2) is 5.75 Å². The molecule has 1 aromatic carbocycles. The molecule has 0 saturated heterocycles. The predicted molar refractivity (Wildman–Crippen MR) is 57.8 cm³/mol. The van der Waals surface area contributed by atoms with Crippen molar-refractivity contribution in [2.24, 2.45) is 0 Å². The molecular formula is C10H5NO7. The summed E-state index contributed by atoms with van der Waals surface area (Å²) in [4.78, 5) is 31.8. The van der Waals surface area contributed by atoms with Crippen molar-refractivity contribution in [1.29, 1.82) is 0 Å². The van der Waals surface area contributed by atoms with Crippen molar-refractivity contribution in [1.82, 2.24) is 0 Å². The minimum Gasteiger partial charge on any atom is -0.502 e. The van der Waals surface area contributed by atoms with Crippen molar-refractivity contribution >= 4 is 22.6 Å². The molecule has 2 rings (SSSR count). The third-order valence-electron chi connectivity index (χ3n) is 2.27. The minimum atomic E-state index is -1.50. The quantitative estimate of drug-likeness (QED) is 0.464. The topological polar surface area (TPSA) is 131 Å². The van der Waals surface area contributed by atoms with E-state index in [4.69, 9.17) is 5.11 Å². The van der Waals surface area contributed by atoms with Gasteiger partial charge < -0.3 is 14.6 Å². The number of carboxylic acids is 1. The normalized spacial score (nSPS) is 10.4. The average molecular weight is 251 g/mol. The molecule has 0 aliphatic carbocycles. The second-order valence-corrected chi connectivity index (χ2v) is 3.36. The number of hydrogen-bond acceptors (Lipinski definition) is 6. The van der Waals surface area contributed by atoms with E-state index in [0.29, 0.717) is 0 Å². The van der Waals surface area contributed by atoms with Crippen LogP contribution in [0.15, 0.2) is 27.4 Å². The Labute approximate surface area is 97.8 Å². The summed E-state index contributed by atoms with van der Waals surface area (Å²) in [6.45, 7) is 0. The zero-order chi connectivity index (χ0) is 13.4. The third-order valence-corrected chi connectivity index (χ3v) is 2.27. The summed E-state index contributed by atoms with van der Waals surface area (Å²) in [7, 11) is 0. The Morgan fingerprint density at radius 3 is 2.61 bits per heavy atom. The first-order valence-corrected chi connectivity index (χ1v) is 4.59. The van der Waals surface area contributed by atoms with Gasteiger partial charge >= 0.3 is 17.3 Å². The van der Waals surface area contributed by atoms with Crippen LogP contribution >= 0.6 is 0 Å². The molecular weight excluding hydrogens is 246 g/mol. The lowest BCUT2D eigenvalue weighted by atomic mass is 10.1. The first-order chi connectivity index (χ1) is 8.41. The molecule has 0 radical (unpaired) electrons. The highest BCUT2D eigenvalue weighted by molar-refractivity contribution is 5.94. The molecule has 92 valence electrons. The number of hydrogen-bond donors (Lipinski definition) is 2. The van der Waals surface area contributed by atoms with Gasteiger partial charge in [0, 0.05) is 5.39 Å². The Kier molecular flexibility index (Phi) is 2.47. The van der Waals surface area contributed by atoms with E-state index >= 15 is 0 Å². The second-order valence-electron chi connectivity index (χ2n) is 3.36. The van der Waals surface area contributed by atoms with E-state index in [9.17, 15) is 24.8 Å². The van der Waals surface area contributed by atoms with E-state index in [2.05, 4.69) is 4.42 Å². The van der Waals surface area contributed by atoms with Crippen molar-refractivity contribution in [3.8, 4) is 5.75 Å². The Balaban J connectivity index is 2.93. The third kappa shape index (κ3) is 1.65. The Bertz CT molecular complexity index is 731. The number of rotatable bonds is 2. The lowest BCUT2D eigenvalue weighted by Gasteiger charge is -2.01. The van der Waals surface area contributed by atoms with Crippen molar-refractivity contribution < 1.29 is 24.3 Å². The van der Waals surface area contributed by atoms with Crippen LogP contribution in [0, 0.1) is 10.1 Å². The zero-order valence-electron chi connectivity index (χ0n) is 8.61. The number of carbonyl (C=O) groups is 1. The number of carboxylic acid groups (broad SMARTS) is 1. The molecule has 0 saturated carbocycles. The first-order valence-electron chi connectivity index (χ1n) is 4.59. The molecule has 0 unspecified atom stereocenters. The van der Waals surface area contributed by atoms with Crippen LogP contribution in [-0.4, -0.2) is 21.1 Å². The number of nitro groups is 1. The number of phenolic OH excluding ortho intramolecular Hbond substituents is 1. The zero-order valence-corrected chi connectivity index (χ0v) is 8.61. The molecule has 0 aliphatic heterocycles. The van der Waals surface area contributed by atoms with E-state index in [1.165, 1.54) is 6.07 Å². The smallest absolute Gasteiger partial charge is 0.353 e. The van der Waals surface area contributed by atoms with Crippen LogP contribution in [0.5, 0.6) is 5.75 Å². The van der Waals surface area contributed by atoms with Gasteiger partial charge in [0.05, 0.1) is 4.92 Å². The summed E-state index contributed by atoms with van der Waals surface area (Å²) < 4.78 is 4.59. The van der Waals surface area contributed by atoms with Crippen LogP contribution in [-0.2, 0) is 0 Å². The van der Waals surface area contributed by atoms with Gasteiger partial charge in [-0.2, -0.15) is 0 Å². The summed E-state index contributed by atoms with van der Waals surface area (Å²) in [6, 6.07) is 3.19. The van der Waals surface area contributed by atoms with E-state index in [0.717, 1.165) is 12.1 Å². The number of aromatic carboxylic acids is 1.